The molecule has 0 aliphatic carbocycles. The van der Waals surface area contributed by atoms with Crippen molar-refractivity contribution in [1.29, 1.82) is 0 Å². The van der Waals surface area contributed by atoms with Crippen LogP contribution in [0.15, 0.2) is 6.20 Å². The van der Waals surface area contributed by atoms with Gasteiger partial charge >= 0.3 is 0 Å². The number of aromatic amines is 1. The molecule has 2 heterocycles. The zero-order valence-electron chi connectivity index (χ0n) is 10.1. The monoisotopic (exact) mass is 274 g/mol. The van der Waals surface area contributed by atoms with Crippen LogP contribution >= 0.6 is 12.2 Å². The van der Waals surface area contributed by atoms with Crippen LogP contribution in [0.1, 0.15) is 44.3 Å². The van der Waals surface area contributed by atoms with Crippen molar-refractivity contribution < 1.29 is 8.42 Å². The van der Waals surface area contributed by atoms with E-state index in [0.717, 1.165) is 0 Å². The summed E-state index contributed by atoms with van der Waals surface area (Å²) in [6, 6.07) is 0.231. The Morgan fingerprint density at radius 3 is 2.53 bits per heavy atom. The summed E-state index contributed by atoms with van der Waals surface area (Å²) >= 11 is 5.29. The standard InChI is InChI=1S/C11H18N2O2S2/c1-8(2)10-7-12-11(16)13(10)9-3-5-17(14,15)6-4-9/h7-9H,3-6H2,1-2H3,(H,12,16). The number of imidazole rings is 1. The molecule has 0 unspecified atom stereocenters. The highest BCUT2D eigenvalue weighted by molar-refractivity contribution is 7.91. The van der Waals surface area contributed by atoms with Crippen LogP contribution in [0.3, 0.4) is 0 Å². The lowest BCUT2D eigenvalue weighted by Gasteiger charge is -2.26. The van der Waals surface area contributed by atoms with Crippen molar-refractivity contribution in [2.45, 2.75) is 38.6 Å². The van der Waals surface area contributed by atoms with Gasteiger partial charge in [-0.3, -0.25) is 0 Å². The molecule has 1 aromatic rings. The van der Waals surface area contributed by atoms with E-state index in [1.807, 2.05) is 6.20 Å². The molecule has 96 valence electrons. The Kier molecular flexibility index (Phi) is 3.45. The predicted molar refractivity (Wildman–Crippen MR) is 70.6 cm³/mol. The van der Waals surface area contributed by atoms with Crippen molar-refractivity contribution in [3.63, 3.8) is 0 Å². The van der Waals surface area contributed by atoms with E-state index in [9.17, 15) is 8.42 Å². The first-order valence-electron chi connectivity index (χ1n) is 5.91. The summed E-state index contributed by atoms with van der Waals surface area (Å²) in [5.41, 5.74) is 1.17. The molecule has 0 atom stereocenters. The van der Waals surface area contributed by atoms with Crippen LogP contribution in [0.25, 0.3) is 0 Å². The van der Waals surface area contributed by atoms with Gasteiger partial charge in [0.05, 0.1) is 11.5 Å². The lowest BCUT2D eigenvalue weighted by Crippen LogP contribution is -2.26. The topological polar surface area (TPSA) is 54.9 Å². The van der Waals surface area contributed by atoms with Gasteiger partial charge in [-0.15, -0.1) is 0 Å². The maximum absolute atomic E-state index is 11.4. The number of hydrogen-bond acceptors (Lipinski definition) is 3. The number of H-pyrrole nitrogens is 1. The Labute approximate surface area is 107 Å². The van der Waals surface area contributed by atoms with E-state index in [2.05, 4.69) is 23.4 Å². The van der Waals surface area contributed by atoms with Crippen molar-refractivity contribution in [2.24, 2.45) is 0 Å². The minimum Gasteiger partial charge on any atom is -0.337 e. The second-order valence-electron chi connectivity index (χ2n) is 4.93. The summed E-state index contributed by atoms with van der Waals surface area (Å²) in [5.74, 6) is 0.950. The Balaban J connectivity index is 2.30. The molecule has 0 radical (unpaired) electrons. The highest BCUT2D eigenvalue weighted by Crippen LogP contribution is 2.28. The summed E-state index contributed by atoms with van der Waals surface area (Å²) in [4.78, 5) is 3.06. The molecule has 0 amide bonds. The van der Waals surface area contributed by atoms with Crippen molar-refractivity contribution in [3.8, 4) is 0 Å². The smallest absolute Gasteiger partial charge is 0.177 e. The molecule has 17 heavy (non-hydrogen) atoms. The van der Waals surface area contributed by atoms with Crippen LogP contribution < -0.4 is 0 Å². The molecule has 0 spiro atoms. The molecule has 0 aromatic carbocycles. The number of nitrogens with zero attached hydrogens (tertiary/aromatic N) is 1. The van der Waals surface area contributed by atoms with Gasteiger partial charge in [-0.05, 0) is 31.0 Å². The molecule has 1 fully saturated rings. The first kappa shape index (κ1) is 12.8. The van der Waals surface area contributed by atoms with Crippen molar-refractivity contribution in [3.05, 3.63) is 16.7 Å². The Bertz CT molecular complexity index is 540. The third-order valence-electron chi connectivity index (χ3n) is 3.32. The maximum Gasteiger partial charge on any atom is 0.177 e. The highest BCUT2D eigenvalue weighted by atomic mass is 32.2. The van der Waals surface area contributed by atoms with Gasteiger partial charge in [0.1, 0.15) is 9.84 Å². The summed E-state index contributed by atoms with van der Waals surface area (Å²) in [5, 5.41) is 0. The highest BCUT2D eigenvalue weighted by Gasteiger charge is 2.26. The summed E-state index contributed by atoms with van der Waals surface area (Å²) in [6.07, 6.45) is 3.29. The minimum absolute atomic E-state index is 0.231. The lowest BCUT2D eigenvalue weighted by atomic mass is 10.1. The van der Waals surface area contributed by atoms with Crippen LogP contribution in [-0.2, 0) is 9.84 Å². The van der Waals surface area contributed by atoms with E-state index in [-0.39, 0.29) is 17.5 Å². The fourth-order valence-corrected chi connectivity index (χ4v) is 4.13. The van der Waals surface area contributed by atoms with Gasteiger partial charge in [0.15, 0.2) is 4.77 Å². The van der Waals surface area contributed by atoms with Crippen LogP contribution in [0, 0.1) is 4.77 Å². The number of nitrogens with one attached hydrogen (secondary N) is 1. The minimum atomic E-state index is -2.81. The average Bonchev–Trinajstić information content (AvgIpc) is 2.61. The number of aromatic nitrogens is 2. The summed E-state index contributed by atoms with van der Waals surface area (Å²) in [7, 11) is -2.81. The van der Waals surface area contributed by atoms with Crippen molar-refractivity contribution in [1.82, 2.24) is 9.55 Å². The zero-order valence-corrected chi connectivity index (χ0v) is 11.8. The molecule has 4 nitrogen and oxygen atoms in total. The van der Waals surface area contributed by atoms with Crippen LogP contribution in [0.5, 0.6) is 0 Å². The molecule has 1 aromatic heterocycles. The fourth-order valence-electron chi connectivity index (χ4n) is 2.35. The molecule has 2 rings (SSSR count). The molecular weight excluding hydrogens is 256 g/mol. The molecule has 1 N–H and O–H groups in total. The van der Waals surface area contributed by atoms with Gasteiger partial charge in [0.2, 0.25) is 0 Å². The molecule has 0 saturated carbocycles. The van der Waals surface area contributed by atoms with Crippen LogP contribution in [-0.4, -0.2) is 29.5 Å². The van der Waals surface area contributed by atoms with Gasteiger partial charge in [-0.25, -0.2) is 8.42 Å². The quantitative estimate of drug-likeness (QED) is 0.843. The Morgan fingerprint density at radius 2 is 2.00 bits per heavy atom. The Morgan fingerprint density at radius 1 is 1.41 bits per heavy atom. The van der Waals surface area contributed by atoms with E-state index in [1.165, 1.54) is 5.69 Å². The third-order valence-corrected chi connectivity index (χ3v) is 5.35. The van der Waals surface area contributed by atoms with E-state index < -0.39 is 9.84 Å². The van der Waals surface area contributed by atoms with Gasteiger partial charge in [0, 0.05) is 17.9 Å². The molecule has 6 heteroatoms. The van der Waals surface area contributed by atoms with Gasteiger partial charge in [0.25, 0.3) is 0 Å². The normalized spacial score (nSPS) is 20.9. The summed E-state index contributed by atoms with van der Waals surface area (Å²) < 4.78 is 25.7. The number of sulfone groups is 1. The average molecular weight is 274 g/mol. The van der Waals surface area contributed by atoms with Crippen LogP contribution in [0.2, 0.25) is 0 Å². The molecule has 1 saturated heterocycles. The zero-order chi connectivity index (χ0) is 12.6. The van der Waals surface area contributed by atoms with Crippen molar-refractivity contribution in [2.75, 3.05) is 11.5 Å². The second kappa shape index (κ2) is 4.57. The second-order valence-corrected chi connectivity index (χ2v) is 7.62. The van der Waals surface area contributed by atoms with E-state index in [0.29, 0.717) is 23.5 Å². The molecule has 0 bridgehead atoms. The lowest BCUT2D eigenvalue weighted by molar-refractivity contribution is 0.429. The van der Waals surface area contributed by atoms with Gasteiger partial charge < -0.3 is 9.55 Å². The third kappa shape index (κ3) is 2.63. The van der Waals surface area contributed by atoms with E-state index in [1.54, 1.807) is 0 Å². The summed E-state index contributed by atoms with van der Waals surface area (Å²) in [6.45, 7) is 4.24. The fraction of sp³-hybridized carbons (Fsp3) is 0.727. The van der Waals surface area contributed by atoms with E-state index in [4.69, 9.17) is 12.2 Å². The van der Waals surface area contributed by atoms with Gasteiger partial charge in [-0.1, -0.05) is 13.8 Å². The maximum atomic E-state index is 11.4. The predicted octanol–water partition coefficient (Wildman–Crippen LogP) is 2.42. The number of rotatable bonds is 2. The molecule has 1 aliphatic heterocycles. The first-order valence-corrected chi connectivity index (χ1v) is 8.14. The number of hydrogen-bond donors (Lipinski definition) is 1. The molecule has 1 aliphatic rings. The largest absolute Gasteiger partial charge is 0.337 e. The van der Waals surface area contributed by atoms with Crippen LogP contribution in [0.4, 0.5) is 0 Å². The van der Waals surface area contributed by atoms with Gasteiger partial charge in [-0.2, -0.15) is 0 Å². The van der Waals surface area contributed by atoms with E-state index >= 15 is 0 Å². The first-order chi connectivity index (χ1) is 7.91. The molecular formula is C11H18N2O2S2. The SMILES string of the molecule is CC(C)c1c[nH]c(=S)n1C1CCS(=O)(=O)CC1. The Hall–Kier alpha value is -0.620. The van der Waals surface area contributed by atoms with Crippen molar-refractivity contribution >= 4 is 22.1 Å².